The van der Waals surface area contributed by atoms with Crippen LogP contribution in [0.25, 0.3) is 0 Å². The molecule has 0 saturated carbocycles. The van der Waals surface area contributed by atoms with Crippen molar-refractivity contribution in [1.82, 2.24) is 5.32 Å². The maximum absolute atomic E-state index is 5.68. The minimum absolute atomic E-state index is 0.430. The van der Waals surface area contributed by atoms with Crippen molar-refractivity contribution in [3.63, 3.8) is 0 Å². The second-order valence-corrected chi connectivity index (χ2v) is 4.92. The van der Waals surface area contributed by atoms with Crippen LogP contribution in [0.4, 0.5) is 0 Å². The highest BCUT2D eigenvalue weighted by molar-refractivity contribution is 5.29. The summed E-state index contributed by atoms with van der Waals surface area (Å²) in [7, 11) is 2.03. The summed E-state index contributed by atoms with van der Waals surface area (Å²) in [6, 6.07) is 8.94. The van der Waals surface area contributed by atoms with Crippen molar-refractivity contribution in [2.24, 2.45) is 5.92 Å². The summed E-state index contributed by atoms with van der Waals surface area (Å²) in [6.07, 6.45) is 3.47. The second-order valence-electron chi connectivity index (χ2n) is 4.92. The Hall–Kier alpha value is -1.02. The molecule has 2 unspecified atom stereocenters. The van der Waals surface area contributed by atoms with Crippen LogP contribution >= 0.6 is 0 Å². The van der Waals surface area contributed by atoms with Gasteiger partial charge in [0.05, 0.1) is 6.61 Å². The van der Waals surface area contributed by atoms with Gasteiger partial charge in [0, 0.05) is 6.04 Å². The van der Waals surface area contributed by atoms with E-state index in [0.717, 1.165) is 18.8 Å². The molecule has 1 rings (SSSR count). The molecule has 0 aromatic heterocycles. The molecule has 0 saturated heterocycles. The Morgan fingerprint density at radius 2 is 1.83 bits per heavy atom. The standard InChI is InChI=1S/C16H27NO/c1-5-7-12-18-15-10-8-14(9-11-15)16(17-4)13(3)6-2/h8-11,13,16-17H,5-7,12H2,1-4H3. The van der Waals surface area contributed by atoms with Gasteiger partial charge in [-0.3, -0.25) is 0 Å². The molecule has 2 nitrogen and oxygen atoms in total. The number of nitrogens with one attached hydrogen (secondary N) is 1. The lowest BCUT2D eigenvalue weighted by molar-refractivity contribution is 0.309. The van der Waals surface area contributed by atoms with Crippen LogP contribution < -0.4 is 10.1 Å². The quantitative estimate of drug-likeness (QED) is 0.698. The van der Waals surface area contributed by atoms with Crippen LogP contribution in [-0.4, -0.2) is 13.7 Å². The Morgan fingerprint density at radius 1 is 1.17 bits per heavy atom. The zero-order valence-corrected chi connectivity index (χ0v) is 12.2. The highest BCUT2D eigenvalue weighted by atomic mass is 16.5. The highest BCUT2D eigenvalue weighted by Crippen LogP contribution is 2.25. The third kappa shape index (κ3) is 4.34. The fourth-order valence-electron chi connectivity index (χ4n) is 2.12. The van der Waals surface area contributed by atoms with Crippen molar-refractivity contribution < 1.29 is 4.74 Å². The van der Waals surface area contributed by atoms with Gasteiger partial charge in [0.25, 0.3) is 0 Å². The molecule has 0 spiro atoms. The highest BCUT2D eigenvalue weighted by Gasteiger charge is 2.15. The van der Waals surface area contributed by atoms with E-state index >= 15 is 0 Å². The molecule has 1 aromatic rings. The molecule has 0 aliphatic carbocycles. The molecule has 0 heterocycles. The first-order chi connectivity index (χ1) is 8.72. The minimum Gasteiger partial charge on any atom is -0.494 e. The lowest BCUT2D eigenvalue weighted by atomic mass is 9.93. The zero-order chi connectivity index (χ0) is 13.4. The molecular weight excluding hydrogens is 222 g/mol. The van der Waals surface area contributed by atoms with E-state index in [0.29, 0.717) is 12.0 Å². The Balaban J connectivity index is 2.63. The Kier molecular flexibility index (Phi) is 6.81. The molecule has 0 aliphatic heterocycles. The first-order valence-electron chi connectivity index (χ1n) is 7.12. The summed E-state index contributed by atoms with van der Waals surface area (Å²) < 4.78 is 5.68. The van der Waals surface area contributed by atoms with Crippen LogP contribution in [0.3, 0.4) is 0 Å². The van der Waals surface area contributed by atoms with Gasteiger partial charge in [-0.25, -0.2) is 0 Å². The van der Waals surface area contributed by atoms with Crippen LogP contribution in [0.1, 0.15) is 51.6 Å². The van der Waals surface area contributed by atoms with Gasteiger partial charge in [0.1, 0.15) is 5.75 Å². The largest absolute Gasteiger partial charge is 0.494 e. The molecule has 1 aromatic carbocycles. The van der Waals surface area contributed by atoms with Crippen molar-refractivity contribution in [2.75, 3.05) is 13.7 Å². The molecular formula is C16H27NO. The SMILES string of the molecule is CCCCOc1ccc(C(NC)C(C)CC)cc1. The Labute approximate surface area is 112 Å². The lowest BCUT2D eigenvalue weighted by Gasteiger charge is -2.23. The zero-order valence-electron chi connectivity index (χ0n) is 12.2. The van der Waals surface area contributed by atoms with Gasteiger partial charge in [-0.1, -0.05) is 45.7 Å². The van der Waals surface area contributed by atoms with E-state index in [-0.39, 0.29) is 0 Å². The number of hydrogen-bond acceptors (Lipinski definition) is 2. The summed E-state index contributed by atoms with van der Waals surface area (Å²) >= 11 is 0. The van der Waals surface area contributed by atoms with Crippen molar-refractivity contribution >= 4 is 0 Å². The normalized spacial score (nSPS) is 14.2. The fourth-order valence-corrected chi connectivity index (χ4v) is 2.12. The summed E-state index contributed by atoms with van der Waals surface area (Å²) in [5.74, 6) is 1.62. The molecule has 0 fully saturated rings. The van der Waals surface area contributed by atoms with Crippen molar-refractivity contribution in [1.29, 1.82) is 0 Å². The minimum atomic E-state index is 0.430. The van der Waals surface area contributed by atoms with Gasteiger partial charge < -0.3 is 10.1 Å². The Morgan fingerprint density at radius 3 is 2.33 bits per heavy atom. The van der Waals surface area contributed by atoms with E-state index in [1.807, 2.05) is 7.05 Å². The topological polar surface area (TPSA) is 21.3 Å². The second kappa shape index (κ2) is 8.15. The van der Waals surface area contributed by atoms with Gasteiger partial charge >= 0.3 is 0 Å². The molecule has 0 aliphatic rings. The number of rotatable bonds is 8. The Bertz CT molecular complexity index is 320. The third-order valence-corrected chi connectivity index (χ3v) is 3.53. The molecule has 0 radical (unpaired) electrons. The first kappa shape index (κ1) is 15.0. The predicted molar refractivity (Wildman–Crippen MR) is 78.1 cm³/mol. The van der Waals surface area contributed by atoms with E-state index in [4.69, 9.17) is 4.74 Å². The number of benzene rings is 1. The van der Waals surface area contributed by atoms with Crippen molar-refractivity contribution in [2.45, 2.75) is 46.1 Å². The predicted octanol–water partition coefficient (Wildman–Crippen LogP) is 4.17. The third-order valence-electron chi connectivity index (χ3n) is 3.53. The number of hydrogen-bond donors (Lipinski definition) is 1. The van der Waals surface area contributed by atoms with Gasteiger partial charge in [0.2, 0.25) is 0 Å². The van der Waals surface area contributed by atoms with Gasteiger partial charge in [-0.2, -0.15) is 0 Å². The van der Waals surface area contributed by atoms with E-state index in [1.165, 1.54) is 18.4 Å². The molecule has 0 bridgehead atoms. The fraction of sp³-hybridized carbons (Fsp3) is 0.625. The summed E-state index contributed by atoms with van der Waals surface area (Å²) in [6.45, 7) is 7.51. The number of ether oxygens (including phenoxy) is 1. The van der Waals surface area contributed by atoms with E-state index < -0.39 is 0 Å². The van der Waals surface area contributed by atoms with Gasteiger partial charge in [-0.05, 0) is 37.1 Å². The first-order valence-corrected chi connectivity index (χ1v) is 7.12. The van der Waals surface area contributed by atoms with Crippen LogP contribution in [0.5, 0.6) is 5.75 Å². The molecule has 0 amide bonds. The van der Waals surface area contributed by atoms with Gasteiger partial charge in [-0.15, -0.1) is 0 Å². The molecule has 102 valence electrons. The molecule has 18 heavy (non-hydrogen) atoms. The summed E-state index contributed by atoms with van der Waals surface area (Å²) in [4.78, 5) is 0. The summed E-state index contributed by atoms with van der Waals surface area (Å²) in [5, 5.41) is 3.40. The van der Waals surface area contributed by atoms with Crippen LogP contribution in [0.15, 0.2) is 24.3 Å². The molecule has 1 N–H and O–H groups in total. The monoisotopic (exact) mass is 249 g/mol. The van der Waals surface area contributed by atoms with E-state index in [9.17, 15) is 0 Å². The maximum atomic E-state index is 5.68. The van der Waals surface area contributed by atoms with Crippen molar-refractivity contribution in [3.8, 4) is 5.75 Å². The lowest BCUT2D eigenvalue weighted by Crippen LogP contribution is -2.22. The van der Waals surface area contributed by atoms with Crippen LogP contribution in [0, 0.1) is 5.92 Å². The average Bonchev–Trinajstić information content (AvgIpc) is 2.41. The van der Waals surface area contributed by atoms with Gasteiger partial charge in [0.15, 0.2) is 0 Å². The average molecular weight is 249 g/mol. The van der Waals surface area contributed by atoms with Crippen molar-refractivity contribution in [3.05, 3.63) is 29.8 Å². The van der Waals surface area contributed by atoms with E-state index in [2.05, 4.69) is 50.4 Å². The molecule has 2 atom stereocenters. The van der Waals surface area contributed by atoms with Crippen LogP contribution in [0.2, 0.25) is 0 Å². The molecule has 2 heteroatoms. The number of unbranched alkanes of at least 4 members (excludes halogenated alkanes) is 1. The maximum Gasteiger partial charge on any atom is 0.119 e. The smallest absolute Gasteiger partial charge is 0.119 e. The summed E-state index contributed by atoms with van der Waals surface area (Å²) in [5.41, 5.74) is 1.34. The van der Waals surface area contributed by atoms with E-state index in [1.54, 1.807) is 0 Å². The van der Waals surface area contributed by atoms with Crippen LogP contribution in [-0.2, 0) is 0 Å².